The van der Waals surface area contributed by atoms with Gasteiger partial charge in [0.05, 0.1) is 4.90 Å². The molecule has 1 aliphatic rings. The second-order valence-corrected chi connectivity index (χ2v) is 7.57. The van der Waals surface area contributed by atoms with Gasteiger partial charge in [0.2, 0.25) is 15.9 Å². The number of aromatic carboxylic acids is 1. The first-order valence-electron chi connectivity index (χ1n) is 7.46. The number of hydrogen-bond acceptors (Lipinski definition) is 5. The third-order valence-electron chi connectivity index (χ3n) is 3.91. The van der Waals surface area contributed by atoms with Gasteiger partial charge in [-0.2, -0.15) is 9.40 Å². The maximum atomic E-state index is 12.8. The van der Waals surface area contributed by atoms with Crippen molar-refractivity contribution in [2.24, 2.45) is 0 Å². The van der Waals surface area contributed by atoms with Crippen LogP contribution in [0.1, 0.15) is 28.7 Å². The van der Waals surface area contributed by atoms with E-state index in [1.54, 1.807) is 0 Å². The minimum Gasteiger partial charge on any atom is -0.476 e. The van der Waals surface area contributed by atoms with Crippen molar-refractivity contribution < 1.29 is 23.1 Å². The van der Waals surface area contributed by atoms with Gasteiger partial charge in [-0.05, 0) is 24.3 Å². The van der Waals surface area contributed by atoms with E-state index in [1.165, 1.54) is 35.5 Å². The number of carbonyl (C=O) groups excluding carboxylic acids is 1. The third kappa shape index (κ3) is 3.26. The van der Waals surface area contributed by atoms with Crippen LogP contribution in [0.2, 0.25) is 0 Å². The first-order chi connectivity index (χ1) is 11.8. The fourth-order valence-corrected chi connectivity index (χ4v) is 4.12. The Bertz CT molecular complexity index is 933. The number of nitrogens with one attached hydrogen (secondary N) is 2. The van der Waals surface area contributed by atoms with Gasteiger partial charge < -0.3 is 10.4 Å². The summed E-state index contributed by atoms with van der Waals surface area (Å²) in [7, 11) is -3.78. The maximum absolute atomic E-state index is 12.8. The molecule has 2 heterocycles. The fourth-order valence-electron chi connectivity index (χ4n) is 2.71. The molecule has 0 saturated carbocycles. The van der Waals surface area contributed by atoms with E-state index >= 15 is 0 Å². The van der Waals surface area contributed by atoms with Crippen LogP contribution in [0.15, 0.2) is 29.2 Å². The lowest BCUT2D eigenvalue weighted by Crippen LogP contribution is -2.36. The highest BCUT2D eigenvalue weighted by atomic mass is 32.2. The van der Waals surface area contributed by atoms with Crippen LogP contribution in [0.5, 0.6) is 0 Å². The summed E-state index contributed by atoms with van der Waals surface area (Å²) in [5.41, 5.74) is 1.37. The molecule has 0 aliphatic carbocycles. The highest BCUT2D eigenvalue weighted by Crippen LogP contribution is 2.26. The van der Waals surface area contributed by atoms with Gasteiger partial charge in [-0.1, -0.05) is 0 Å². The normalized spacial score (nSPS) is 14.8. The number of carboxylic acids is 1. The molecule has 1 amide bonds. The van der Waals surface area contributed by atoms with Crippen molar-refractivity contribution in [1.82, 2.24) is 14.5 Å². The average Bonchev–Trinajstić information content (AvgIpc) is 2.98. The number of aromatic amines is 1. The molecule has 132 valence electrons. The van der Waals surface area contributed by atoms with E-state index < -0.39 is 16.0 Å². The van der Waals surface area contributed by atoms with Crippen LogP contribution < -0.4 is 5.32 Å². The number of H-pyrrole nitrogens is 1. The van der Waals surface area contributed by atoms with Crippen molar-refractivity contribution in [2.75, 3.05) is 11.9 Å². The predicted octanol–water partition coefficient (Wildman–Crippen LogP) is 0.813. The summed E-state index contributed by atoms with van der Waals surface area (Å²) in [6.07, 6.45) is 0.360. The molecule has 3 rings (SSSR count). The summed E-state index contributed by atoms with van der Waals surface area (Å²) < 4.78 is 26.8. The Morgan fingerprint density at radius 3 is 2.56 bits per heavy atom. The number of rotatable bonds is 4. The lowest BCUT2D eigenvalue weighted by atomic mass is 10.1. The van der Waals surface area contributed by atoms with E-state index in [-0.39, 0.29) is 29.6 Å². The van der Waals surface area contributed by atoms with Crippen molar-refractivity contribution in [1.29, 1.82) is 0 Å². The molecule has 0 unspecified atom stereocenters. The van der Waals surface area contributed by atoms with Gasteiger partial charge in [0.1, 0.15) is 0 Å². The minimum atomic E-state index is -3.78. The number of fused-ring (bicyclic) bond motifs is 1. The van der Waals surface area contributed by atoms with Gasteiger partial charge in [-0.15, -0.1) is 0 Å². The molecular formula is C15H16N4O5S. The Hall–Kier alpha value is -2.72. The molecule has 3 N–H and O–H groups in total. The molecule has 1 aromatic carbocycles. The summed E-state index contributed by atoms with van der Waals surface area (Å²) in [4.78, 5) is 22.3. The average molecular weight is 364 g/mol. The van der Waals surface area contributed by atoms with Gasteiger partial charge in [-0.3, -0.25) is 9.89 Å². The second kappa shape index (κ2) is 6.30. The molecule has 0 saturated heterocycles. The first kappa shape index (κ1) is 17.1. The van der Waals surface area contributed by atoms with Crippen LogP contribution in [-0.2, 0) is 27.8 Å². The second-order valence-electron chi connectivity index (χ2n) is 5.63. The van der Waals surface area contributed by atoms with Crippen molar-refractivity contribution >= 4 is 27.6 Å². The summed E-state index contributed by atoms with van der Waals surface area (Å²) in [6, 6.07) is 5.82. The lowest BCUT2D eigenvalue weighted by Gasteiger charge is -2.26. The molecule has 2 aromatic rings. The Labute approximate surface area is 143 Å². The zero-order chi connectivity index (χ0) is 18.2. The molecule has 25 heavy (non-hydrogen) atoms. The van der Waals surface area contributed by atoms with E-state index in [2.05, 4.69) is 15.5 Å². The van der Waals surface area contributed by atoms with Gasteiger partial charge in [0, 0.05) is 43.4 Å². The predicted molar refractivity (Wildman–Crippen MR) is 87.6 cm³/mol. The molecular weight excluding hydrogens is 348 g/mol. The molecule has 0 atom stereocenters. The van der Waals surface area contributed by atoms with Gasteiger partial charge in [0.15, 0.2) is 5.69 Å². The Balaban J connectivity index is 1.87. The lowest BCUT2D eigenvalue weighted by molar-refractivity contribution is -0.114. The van der Waals surface area contributed by atoms with Gasteiger partial charge >= 0.3 is 5.97 Å². The van der Waals surface area contributed by atoms with Crippen molar-refractivity contribution in [3.05, 3.63) is 41.2 Å². The molecule has 0 bridgehead atoms. The number of amides is 1. The largest absolute Gasteiger partial charge is 0.476 e. The first-order valence-corrected chi connectivity index (χ1v) is 8.90. The van der Waals surface area contributed by atoms with Gasteiger partial charge in [-0.25, -0.2) is 13.2 Å². The van der Waals surface area contributed by atoms with E-state index in [0.29, 0.717) is 23.4 Å². The van der Waals surface area contributed by atoms with Crippen LogP contribution in [0.4, 0.5) is 5.69 Å². The van der Waals surface area contributed by atoms with E-state index in [4.69, 9.17) is 5.11 Å². The van der Waals surface area contributed by atoms with Crippen molar-refractivity contribution in [3.63, 3.8) is 0 Å². The van der Waals surface area contributed by atoms with Crippen LogP contribution in [0.25, 0.3) is 0 Å². The number of aromatic nitrogens is 2. The zero-order valence-electron chi connectivity index (χ0n) is 13.3. The van der Waals surface area contributed by atoms with Gasteiger partial charge in [0.25, 0.3) is 0 Å². The SMILES string of the molecule is CC(=O)Nc1ccc(S(=O)(=O)N2CCc3[nH]nc(C(=O)O)c3C2)cc1. The van der Waals surface area contributed by atoms with Crippen molar-refractivity contribution in [3.8, 4) is 0 Å². The highest BCUT2D eigenvalue weighted by Gasteiger charge is 2.32. The number of sulfonamides is 1. The van der Waals surface area contributed by atoms with E-state index in [1.807, 2.05) is 0 Å². The fraction of sp³-hybridized carbons (Fsp3) is 0.267. The van der Waals surface area contributed by atoms with E-state index in [9.17, 15) is 18.0 Å². The molecule has 9 nitrogen and oxygen atoms in total. The van der Waals surface area contributed by atoms with E-state index in [0.717, 1.165) is 0 Å². The Morgan fingerprint density at radius 2 is 1.96 bits per heavy atom. The monoisotopic (exact) mass is 364 g/mol. The number of hydrogen-bond donors (Lipinski definition) is 3. The number of benzene rings is 1. The molecule has 1 aromatic heterocycles. The van der Waals surface area contributed by atoms with Crippen LogP contribution in [0.3, 0.4) is 0 Å². The molecule has 0 spiro atoms. The molecule has 10 heteroatoms. The Morgan fingerprint density at radius 1 is 1.28 bits per heavy atom. The number of carbonyl (C=O) groups is 2. The Kier molecular flexibility index (Phi) is 4.31. The highest BCUT2D eigenvalue weighted by molar-refractivity contribution is 7.89. The van der Waals surface area contributed by atoms with Crippen LogP contribution in [-0.4, -0.2) is 46.4 Å². The standard InChI is InChI=1S/C15H16N4O5S/c1-9(20)16-10-2-4-11(5-3-10)25(23,24)19-7-6-13-12(8-19)14(15(21)22)18-17-13/h2-5H,6-8H2,1H3,(H,16,20)(H,17,18)(H,21,22). The molecule has 1 aliphatic heterocycles. The molecule has 0 fully saturated rings. The maximum Gasteiger partial charge on any atom is 0.356 e. The third-order valence-corrected chi connectivity index (χ3v) is 5.77. The number of carboxylic acid groups (broad SMARTS) is 1. The quantitative estimate of drug-likeness (QED) is 0.735. The zero-order valence-corrected chi connectivity index (χ0v) is 14.1. The summed E-state index contributed by atoms with van der Waals surface area (Å²) in [5.74, 6) is -1.45. The topological polar surface area (TPSA) is 132 Å². The van der Waals surface area contributed by atoms with Crippen molar-refractivity contribution in [2.45, 2.75) is 24.8 Å². The van der Waals surface area contributed by atoms with Crippen LogP contribution in [0, 0.1) is 0 Å². The smallest absolute Gasteiger partial charge is 0.356 e. The van der Waals surface area contributed by atoms with Crippen LogP contribution >= 0.6 is 0 Å². The number of anilines is 1. The summed E-state index contributed by atoms with van der Waals surface area (Å²) in [5, 5.41) is 18.1. The molecule has 0 radical (unpaired) electrons. The number of nitrogens with zero attached hydrogens (tertiary/aromatic N) is 2. The summed E-state index contributed by atoms with van der Waals surface area (Å²) >= 11 is 0. The summed E-state index contributed by atoms with van der Waals surface area (Å²) in [6.45, 7) is 1.54. The minimum absolute atomic E-state index is 0.0523.